The maximum Gasteiger partial charge on any atom is 0.245 e. The Morgan fingerprint density at radius 2 is 2.09 bits per heavy atom. The second-order valence-corrected chi connectivity index (χ2v) is 7.38. The van der Waals surface area contributed by atoms with Gasteiger partial charge < -0.3 is 0 Å². The Morgan fingerprint density at radius 3 is 2.74 bits per heavy atom. The summed E-state index contributed by atoms with van der Waals surface area (Å²) in [6.07, 6.45) is 2.32. The van der Waals surface area contributed by atoms with E-state index in [2.05, 4.69) is 20.5 Å². The summed E-state index contributed by atoms with van der Waals surface area (Å²) in [7, 11) is -3.76. The third-order valence-corrected chi connectivity index (χ3v) is 5.76. The molecule has 2 heterocycles. The van der Waals surface area contributed by atoms with Crippen molar-refractivity contribution in [2.24, 2.45) is 0 Å². The van der Waals surface area contributed by atoms with Gasteiger partial charge in [-0.2, -0.15) is 14.4 Å². The molecule has 1 aromatic heterocycles. The molecule has 1 amide bonds. The predicted octanol–water partition coefficient (Wildman–Crippen LogP) is 1.25. The highest BCUT2D eigenvalue weighted by molar-refractivity contribution is 7.89. The smallest absolute Gasteiger partial charge is 0.245 e. The van der Waals surface area contributed by atoms with Crippen molar-refractivity contribution in [3.05, 3.63) is 35.6 Å². The number of sulfonamides is 1. The van der Waals surface area contributed by atoms with Crippen LogP contribution in [0.5, 0.6) is 0 Å². The van der Waals surface area contributed by atoms with Gasteiger partial charge >= 0.3 is 0 Å². The second-order valence-electron chi connectivity index (χ2n) is 5.05. The lowest BCUT2D eigenvalue weighted by atomic mass is 10.2. The van der Waals surface area contributed by atoms with Crippen molar-refractivity contribution >= 4 is 33.5 Å². The van der Waals surface area contributed by atoms with Gasteiger partial charge in [-0.15, -0.1) is 0 Å². The van der Waals surface area contributed by atoms with Gasteiger partial charge in [-0.05, 0) is 37.1 Å². The van der Waals surface area contributed by atoms with Crippen LogP contribution in [0, 0.1) is 0 Å². The van der Waals surface area contributed by atoms with Crippen LogP contribution in [-0.4, -0.2) is 46.4 Å². The van der Waals surface area contributed by atoms with Gasteiger partial charge in [-0.25, -0.2) is 13.5 Å². The fourth-order valence-corrected chi connectivity index (χ4v) is 4.28. The molecule has 122 valence electrons. The zero-order valence-electron chi connectivity index (χ0n) is 11.9. The summed E-state index contributed by atoms with van der Waals surface area (Å²) in [6, 6.07) is 5.10. The number of carbonyl (C=O) groups is 1. The van der Waals surface area contributed by atoms with Crippen LogP contribution in [-0.2, 0) is 14.8 Å². The van der Waals surface area contributed by atoms with E-state index in [0.29, 0.717) is 24.4 Å². The van der Waals surface area contributed by atoms with E-state index in [1.165, 1.54) is 34.9 Å². The van der Waals surface area contributed by atoms with Crippen molar-refractivity contribution in [2.75, 3.05) is 11.9 Å². The molecule has 23 heavy (non-hydrogen) atoms. The van der Waals surface area contributed by atoms with Crippen LogP contribution in [0.3, 0.4) is 0 Å². The molecule has 0 aliphatic carbocycles. The molecule has 0 radical (unpaired) electrons. The normalized spacial score (nSPS) is 18.9. The van der Waals surface area contributed by atoms with E-state index in [9.17, 15) is 13.2 Å². The SMILES string of the molecule is O=C(Nc1ncn[nH]1)C1CCCN1S(=O)(=O)c1ccc(Cl)cc1. The number of carbonyl (C=O) groups excluding carboxylic acids is 1. The minimum absolute atomic E-state index is 0.112. The van der Waals surface area contributed by atoms with Crippen LogP contribution in [0.15, 0.2) is 35.5 Å². The third-order valence-electron chi connectivity index (χ3n) is 3.58. The van der Waals surface area contributed by atoms with E-state index in [-0.39, 0.29) is 10.8 Å². The first-order chi connectivity index (χ1) is 11.0. The zero-order valence-corrected chi connectivity index (χ0v) is 13.5. The summed E-state index contributed by atoms with van der Waals surface area (Å²) in [5, 5.41) is 9.12. The molecule has 1 atom stereocenters. The van der Waals surface area contributed by atoms with Crippen molar-refractivity contribution < 1.29 is 13.2 Å². The van der Waals surface area contributed by atoms with Crippen LogP contribution < -0.4 is 5.32 Å². The van der Waals surface area contributed by atoms with E-state index in [1.807, 2.05) is 0 Å². The van der Waals surface area contributed by atoms with Gasteiger partial charge in [0.05, 0.1) is 4.90 Å². The molecule has 3 rings (SSSR count). The Hall–Kier alpha value is -1.97. The fraction of sp³-hybridized carbons (Fsp3) is 0.308. The first kappa shape index (κ1) is 15.9. The van der Waals surface area contributed by atoms with E-state index in [0.717, 1.165) is 0 Å². The zero-order chi connectivity index (χ0) is 16.4. The molecule has 2 N–H and O–H groups in total. The van der Waals surface area contributed by atoms with Crippen LogP contribution in [0.1, 0.15) is 12.8 Å². The quantitative estimate of drug-likeness (QED) is 0.858. The van der Waals surface area contributed by atoms with E-state index in [4.69, 9.17) is 11.6 Å². The number of H-pyrrole nitrogens is 1. The Morgan fingerprint density at radius 1 is 1.35 bits per heavy atom. The molecule has 1 unspecified atom stereocenters. The molecule has 1 saturated heterocycles. The minimum Gasteiger partial charge on any atom is -0.294 e. The van der Waals surface area contributed by atoms with Crippen LogP contribution in [0.4, 0.5) is 5.95 Å². The van der Waals surface area contributed by atoms with Crippen molar-refractivity contribution in [1.29, 1.82) is 0 Å². The summed E-state index contributed by atoms with van der Waals surface area (Å²) >= 11 is 5.79. The Bertz CT molecular complexity index is 792. The number of amides is 1. The molecule has 1 aromatic carbocycles. The second kappa shape index (κ2) is 6.26. The number of anilines is 1. The molecular formula is C13H14ClN5O3S. The molecule has 8 nitrogen and oxygen atoms in total. The number of halogens is 1. The molecule has 0 bridgehead atoms. The standard InChI is InChI=1S/C13H14ClN5O3S/c14-9-3-5-10(6-4-9)23(21,22)19-7-1-2-11(19)12(20)17-13-15-8-16-18-13/h3-6,8,11H,1-2,7H2,(H2,15,16,17,18,20). The number of aromatic amines is 1. The van der Waals surface area contributed by atoms with Crippen LogP contribution in [0.25, 0.3) is 0 Å². The van der Waals surface area contributed by atoms with Gasteiger partial charge in [0.2, 0.25) is 21.9 Å². The highest BCUT2D eigenvalue weighted by Crippen LogP contribution is 2.27. The summed E-state index contributed by atoms with van der Waals surface area (Å²) in [4.78, 5) is 16.2. The lowest BCUT2D eigenvalue weighted by molar-refractivity contribution is -0.119. The number of rotatable bonds is 4. The van der Waals surface area contributed by atoms with Gasteiger partial charge in [0.25, 0.3) is 0 Å². The monoisotopic (exact) mass is 355 g/mol. The maximum atomic E-state index is 12.7. The van der Waals surface area contributed by atoms with Crippen LogP contribution >= 0.6 is 11.6 Å². The number of hydrogen-bond donors (Lipinski definition) is 2. The molecular weight excluding hydrogens is 342 g/mol. The predicted molar refractivity (Wildman–Crippen MR) is 83.4 cm³/mol. The Labute approximate surface area is 137 Å². The first-order valence-electron chi connectivity index (χ1n) is 6.92. The number of hydrogen-bond acceptors (Lipinski definition) is 5. The van der Waals surface area contributed by atoms with E-state index >= 15 is 0 Å². The third kappa shape index (κ3) is 3.21. The number of aromatic nitrogens is 3. The van der Waals surface area contributed by atoms with E-state index < -0.39 is 22.0 Å². The highest BCUT2D eigenvalue weighted by Gasteiger charge is 2.39. The Kier molecular flexibility index (Phi) is 4.33. The summed E-state index contributed by atoms with van der Waals surface area (Å²) < 4.78 is 26.7. The molecule has 2 aromatic rings. The maximum absolute atomic E-state index is 12.7. The molecule has 1 aliphatic rings. The number of nitrogens with one attached hydrogen (secondary N) is 2. The number of nitrogens with zero attached hydrogens (tertiary/aromatic N) is 3. The molecule has 1 aliphatic heterocycles. The highest BCUT2D eigenvalue weighted by atomic mass is 35.5. The number of benzene rings is 1. The van der Waals surface area contributed by atoms with Gasteiger partial charge in [-0.3, -0.25) is 10.1 Å². The topological polar surface area (TPSA) is 108 Å². The molecule has 0 spiro atoms. The van der Waals surface area contributed by atoms with Gasteiger partial charge in [0, 0.05) is 11.6 Å². The minimum atomic E-state index is -3.76. The fourth-order valence-electron chi connectivity index (χ4n) is 2.50. The average Bonchev–Trinajstić information content (AvgIpc) is 3.19. The molecule has 10 heteroatoms. The van der Waals surface area contributed by atoms with Crippen molar-refractivity contribution in [3.63, 3.8) is 0 Å². The van der Waals surface area contributed by atoms with E-state index in [1.54, 1.807) is 0 Å². The largest absolute Gasteiger partial charge is 0.294 e. The lowest BCUT2D eigenvalue weighted by Gasteiger charge is -2.23. The molecule has 0 saturated carbocycles. The van der Waals surface area contributed by atoms with Gasteiger partial charge in [0.1, 0.15) is 12.4 Å². The first-order valence-corrected chi connectivity index (χ1v) is 8.74. The summed E-state index contributed by atoms with van der Waals surface area (Å²) in [5.41, 5.74) is 0. The van der Waals surface area contributed by atoms with Gasteiger partial charge in [-0.1, -0.05) is 11.6 Å². The van der Waals surface area contributed by atoms with Crippen molar-refractivity contribution in [1.82, 2.24) is 19.5 Å². The summed E-state index contributed by atoms with van der Waals surface area (Å²) in [6.45, 7) is 0.291. The Balaban J connectivity index is 1.83. The average molecular weight is 356 g/mol. The van der Waals surface area contributed by atoms with Crippen LogP contribution in [0.2, 0.25) is 5.02 Å². The van der Waals surface area contributed by atoms with Crippen molar-refractivity contribution in [3.8, 4) is 0 Å². The molecule has 1 fully saturated rings. The van der Waals surface area contributed by atoms with Crippen molar-refractivity contribution in [2.45, 2.75) is 23.8 Å². The lowest BCUT2D eigenvalue weighted by Crippen LogP contribution is -2.43. The van der Waals surface area contributed by atoms with Gasteiger partial charge in [0.15, 0.2) is 0 Å². The summed E-state index contributed by atoms with van der Waals surface area (Å²) in [5.74, 6) is -0.248.